The van der Waals surface area contributed by atoms with Crippen LogP contribution in [0.2, 0.25) is 0 Å². The van der Waals surface area contributed by atoms with Crippen molar-refractivity contribution in [1.82, 2.24) is 9.03 Å². The predicted octanol–water partition coefficient (Wildman–Crippen LogP) is 3.01. The average molecular weight is 465 g/mol. The fourth-order valence-corrected chi connectivity index (χ4v) is 4.76. The number of amides is 1. The largest absolute Gasteiger partial charge is 0.457 e. The Hall–Kier alpha value is -3.49. The lowest BCUT2D eigenvalue weighted by atomic mass is 10.0. The number of hydrogen-bond donors (Lipinski definition) is 1. The Kier molecular flexibility index (Phi) is 6.86. The Morgan fingerprint density at radius 2 is 1.52 bits per heavy atom. The summed E-state index contributed by atoms with van der Waals surface area (Å²) in [7, 11) is -3.78. The Morgan fingerprint density at radius 3 is 2.18 bits per heavy atom. The molecule has 1 aliphatic rings. The topological polar surface area (TPSA) is 92.8 Å². The molecule has 0 saturated carbocycles. The lowest BCUT2D eigenvalue weighted by Crippen LogP contribution is -2.29. The normalized spacial score (nSPS) is 15.2. The molecule has 3 aromatic carbocycles. The zero-order valence-corrected chi connectivity index (χ0v) is 18.8. The summed E-state index contributed by atoms with van der Waals surface area (Å²) in [5, 5.41) is 0. The number of ether oxygens (including phenoxy) is 1. The van der Waals surface area contributed by atoms with Crippen molar-refractivity contribution < 1.29 is 22.7 Å². The molecule has 7 nitrogen and oxygen atoms in total. The summed E-state index contributed by atoms with van der Waals surface area (Å²) in [4.78, 5) is 23.9. The third kappa shape index (κ3) is 5.85. The number of carbonyl (C=O) groups is 2. The van der Waals surface area contributed by atoms with Crippen LogP contribution in [-0.2, 0) is 45.7 Å². The zero-order valence-electron chi connectivity index (χ0n) is 17.9. The van der Waals surface area contributed by atoms with Gasteiger partial charge >= 0.3 is 16.2 Å². The van der Waals surface area contributed by atoms with Gasteiger partial charge in [-0.05, 0) is 47.2 Å². The smallest absolute Gasteiger partial charge is 0.338 e. The Bertz CT molecular complexity index is 1240. The second kappa shape index (κ2) is 9.97. The molecule has 1 N–H and O–H groups in total. The van der Waals surface area contributed by atoms with Crippen LogP contribution in [0.3, 0.4) is 0 Å². The van der Waals surface area contributed by atoms with E-state index in [-0.39, 0.29) is 19.7 Å². The Balaban J connectivity index is 1.34. The number of esters is 1. The molecular weight excluding hydrogens is 440 g/mol. The van der Waals surface area contributed by atoms with Crippen molar-refractivity contribution in [3.8, 4) is 0 Å². The predicted molar refractivity (Wildman–Crippen MR) is 123 cm³/mol. The van der Waals surface area contributed by atoms with Crippen LogP contribution in [-0.4, -0.2) is 31.1 Å². The molecule has 33 heavy (non-hydrogen) atoms. The minimum atomic E-state index is -3.78. The molecule has 0 bridgehead atoms. The van der Waals surface area contributed by atoms with Crippen LogP contribution < -0.4 is 4.72 Å². The van der Waals surface area contributed by atoms with E-state index in [0.29, 0.717) is 11.1 Å². The molecule has 170 valence electrons. The number of benzene rings is 3. The maximum Gasteiger partial charge on any atom is 0.338 e. The minimum absolute atomic E-state index is 0.0468. The van der Waals surface area contributed by atoms with Crippen molar-refractivity contribution in [2.75, 3.05) is 6.54 Å². The van der Waals surface area contributed by atoms with Crippen molar-refractivity contribution in [1.29, 1.82) is 0 Å². The number of hydrogen-bond acceptors (Lipinski definition) is 5. The highest BCUT2D eigenvalue weighted by Gasteiger charge is 2.33. The molecule has 1 amide bonds. The van der Waals surface area contributed by atoms with Gasteiger partial charge in [-0.2, -0.15) is 12.7 Å². The second-order valence-electron chi connectivity index (χ2n) is 7.83. The fourth-order valence-electron chi connectivity index (χ4n) is 3.67. The molecule has 4 rings (SSSR count). The van der Waals surface area contributed by atoms with Crippen molar-refractivity contribution in [2.24, 2.45) is 0 Å². The van der Waals surface area contributed by atoms with Gasteiger partial charge in [-0.3, -0.25) is 4.79 Å². The molecule has 0 spiro atoms. The van der Waals surface area contributed by atoms with Gasteiger partial charge in [0.15, 0.2) is 0 Å². The Labute approximate surface area is 193 Å². The summed E-state index contributed by atoms with van der Waals surface area (Å²) in [5.41, 5.74) is 4.40. The summed E-state index contributed by atoms with van der Waals surface area (Å²) < 4.78 is 32.2. The van der Waals surface area contributed by atoms with Gasteiger partial charge in [0.2, 0.25) is 5.91 Å². The van der Waals surface area contributed by atoms with E-state index in [1.165, 1.54) is 5.56 Å². The van der Waals surface area contributed by atoms with Crippen molar-refractivity contribution >= 4 is 22.1 Å². The summed E-state index contributed by atoms with van der Waals surface area (Å²) in [5.74, 6) is -1.01. The number of aryl methyl sites for hydroxylation is 2. The summed E-state index contributed by atoms with van der Waals surface area (Å²) >= 11 is 0. The van der Waals surface area contributed by atoms with Crippen LogP contribution in [0.5, 0.6) is 0 Å². The first-order chi connectivity index (χ1) is 15.9. The maximum atomic E-state index is 12.5. The quantitative estimate of drug-likeness (QED) is 0.518. The third-order valence-corrected chi connectivity index (χ3v) is 6.88. The summed E-state index contributed by atoms with van der Waals surface area (Å²) in [6.45, 7) is 0.00630. The van der Waals surface area contributed by atoms with Gasteiger partial charge in [0.1, 0.15) is 6.61 Å². The van der Waals surface area contributed by atoms with Gasteiger partial charge in [-0.15, -0.1) is 0 Å². The van der Waals surface area contributed by atoms with Gasteiger partial charge in [-0.25, -0.2) is 9.52 Å². The van der Waals surface area contributed by atoms with Crippen LogP contribution in [0.15, 0.2) is 78.9 Å². The lowest BCUT2D eigenvalue weighted by molar-refractivity contribution is -0.118. The first-order valence-electron chi connectivity index (χ1n) is 10.6. The lowest BCUT2D eigenvalue weighted by Gasteiger charge is -2.13. The molecule has 0 unspecified atom stereocenters. The van der Waals surface area contributed by atoms with Crippen LogP contribution >= 0.6 is 0 Å². The van der Waals surface area contributed by atoms with E-state index < -0.39 is 22.1 Å². The minimum Gasteiger partial charge on any atom is -0.457 e. The molecule has 0 atom stereocenters. The van der Waals surface area contributed by atoms with Crippen LogP contribution in [0.4, 0.5) is 0 Å². The molecular formula is C25H24N2O5S. The molecule has 3 aromatic rings. The average Bonchev–Trinajstić information content (AvgIpc) is 3.08. The highest BCUT2D eigenvalue weighted by molar-refractivity contribution is 7.88. The van der Waals surface area contributed by atoms with Gasteiger partial charge < -0.3 is 4.74 Å². The van der Waals surface area contributed by atoms with E-state index >= 15 is 0 Å². The van der Waals surface area contributed by atoms with Crippen molar-refractivity contribution in [3.05, 3.63) is 107 Å². The van der Waals surface area contributed by atoms with Gasteiger partial charge in [0, 0.05) is 6.54 Å². The second-order valence-corrected chi connectivity index (χ2v) is 9.50. The van der Waals surface area contributed by atoms with Crippen LogP contribution in [0, 0.1) is 0 Å². The molecule has 1 fully saturated rings. The molecule has 0 radical (unpaired) electrons. The first-order valence-corrected chi connectivity index (χ1v) is 12.0. The van der Waals surface area contributed by atoms with Gasteiger partial charge in [-0.1, -0.05) is 66.7 Å². The Morgan fingerprint density at radius 1 is 0.848 bits per heavy atom. The van der Waals surface area contributed by atoms with E-state index in [1.807, 2.05) is 47.2 Å². The zero-order chi connectivity index (χ0) is 23.3. The summed E-state index contributed by atoms with van der Waals surface area (Å²) in [6, 6.07) is 24.7. The van der Waals surface area contributed by atoms with E-state index in [0.717, 1.165) is 28.3 Å². The van der Waals surface area contributed by atoms with Crippen LogP contribution in [0.1, 0.15) is 32.6 Å². The standard InChI is InChI=1S/C25H24N2O5S/c28-24-17-27(33(30,31)26-24)16-20-11-14-22(15-12-20)25(29)32-18-23-9-5-4-8-21(23)13-10-19-6-2-1-3-7-19/h1-9,11-12,14-15H,10,13,16-18H2,(H,26,28). The van der Waals surface area contributed by atoms with Crippen molar-refractivity contribution in [2.45, 2.75) is 26.0 Å². The monoisotopic (exact) mass is 464 g/mol. The van der Waals surface area contributed by atoms with E-state index in [2.05, 4.69) is 12.1 Å². The molecule has 0 aromatic heterocycles. The van der Waals surface area contributed by atoms with E-state index in [9.17, 15) is 18.0 Å². The molecule has 1 saturated heterocycles. The number of nitrogens with zero attached hydrogens (tertiary/aromatic N) is 1. The molecule has 0 aliphatic carbocycles. The first kappa shape index (κ1) is 22.7. The molecule has 1 heterocycles. The number of rotatable bonds is 8. The van der Waals surface area contributed by atoms with E-state index in [4.69, 9.17) is 4.74 Å². The third-order valence-electron chi connectivity index (χ3n) is 5.45. The van der Waals surface area contributed by atoms with Crippen LogP contribution in [0.25, 0.3) is 0 Å². The number of carbonyl (C=O) groups excluding carboxylic acids is 2. The SMILES string of the molecule is O=C1CN(Cc2ccc(C(=O)OCc3ccccc3CCc3ccccc3)cc2)S(=O)(=O)N1. The summed E-state index contributed by atoms with van der Waals surface area (Å²) in [6.07, 6.45) is 1.75. The van der Waals surface area contributed by atoms with Gasteiger partial charge in [0.25, 0.3) is 0 Å². The molecule has 8 heteroatoms. The highest BCUT2D eigenvalue weighted by Crippen LogP contribution is 2.16. The van der Waals surface area contributed by atoms with Crippen molar-refractivity contribution in [3.63, 3.8) is 0 Å². The fraction of sp³-hybridized carbons (Fsp3) is 0.200. The highest BCUT2D eigenvalue weighted by atomic mass is 32.2. The van der Waals surface area contributed by atoms with Gasteiger partial charge in [0.05, 0.1) is 12.1 Å². The van der Waals surface area contributed by atoms with E-state index in [1.54, 1.807) is 24.3 Å². The number of nitrogens with one attached hydrogen (secondary N) is 1. The maximum absolute atomic E-state index is 12.5. The molecule has 1 aliphatic heterocycles.